The first-order valence-electron chi connectivity index (χ1n) is 6.65. The van der Waals surface area contributed by atoms with Crippen LogP contribution >= 0.6 is 11.3 Å². The number of nitrogens with one attached hydrogen (secondary N) is 1. The Labute approximate surface area is 120 Å². The van der Waals surface area contributed by atoms with Crippen LogP contribution in [0, 0.1) is 0 Å². The fourth-order valence-electron chi connectivity index (χ4n) is 2.55. The first-order valence-corrected chi connectivity index (χ1v) is 7.53. The third kappa shape index (κ3) is 2.46. The van der Waals surface area contributed by atoms with Crippen molar-refractivity contribution in [2.75, 3.05) is 5.32 Å². The summed E-state index contributed by atoms with van der Waals surface area (Å²) in [6.07, 6.45) is 5.96. The minimum Gasteiger partial charge on any atom is -0.478 e. The third-order valence-corrected chi connectivity index (χ3v) is 4.58. The normalized spacial score (nSPS) is 22.9. The van der Waals surface area contributed by atoms with E-state index in [4.69, 9.17) is 10.8 Å². The van der Waals surface area contributed by atoms with Crippen molar-refractivity contribution in [3.8, 4) is 0 Å². The molecule has 0 radical (unpaired) electrons. The van der Waals surface area contributed by atoms with Crippen LogP contribution in [0.15, 0.2) is 11.6 Å². The lowest BCUT2D eigenvalue weighted by atomic mass is 9.91. The first kappa shape index (κ1) is 13.3. The maximum Gasteiger partial charge on any atom is 0.338 e. The van der Waals surface area contributed by atoms with Gasteiger partial charge in [-0.3, -0.25) is 0 Å². The fourth-order valence-corrected chi connectivity index (χ4v) is 3.39. The molecule has 2 atom stereocenters. The number of carboxylic acid groups (broad SMARTS) is 1. The van der Waals surface area contributed by atoms with E-state index >= 15 is 0 Å². The lowest BCUT2D eigenvalue weighted by molar-refractivity contribution is 0.0699. The molecule has 1 aliphatic carbocycles. The average molecular weight is 292 g/mol. The molecule has 0 aliphatic heterocycles. The Morgan fingerprint density at radius 2 is 2.25 bits per heavy atom. The van der Waals surface area contributed by atoms with Gasteiger partial charge in [0.05, 0.1) is 16.5 Å². The molecule has 4 N–H and O–H groups in total. The predicted molar refractivity (Wildman–Crippen MR) is 78.2 cm³/mol. The second kappa shape index (κ2) is 5.34. The van der Waals surface area contributed by atoms with Crippen molar-refractivity contribution < 1.29 is 9.90 Å². The molecular weight excluding hydrogens is 276 g/mol. The Bertz CT molecular complexity index is 642. The molecule has 1 aliphatic rings. The van der Waals surface area contributed by atoms with Gasteiger partial charge < -0.3 is 16.2 Å². The zero-order chi connectivity index (χ0) is 14.1. The number of fused-ring (bicyclic) bond motifs is 1. The monoisotopic (exact) mass is 292 g/mol. The second-order valence-corrected chi connectivity index (χ2v) is 5.97. The minimum atomic E-state index is -0.963. The van der Waals surface area contributed by atoms with Crippen LogP contribution in [0.3, 0.4) is 0 Å². The van der Waals surface area contributed by atoms with Crippen molar-refractivity contribution in [3.05, 3.63) is 17.1 Å². The van der Waals surface area contributed by atoms with Gasteiger partial charge in [0.2, 0.25) is 5.95 Å². The van der Waals surface area contributed by atoms with Crippen LogP contribution in [0.5, 0.6) is 0 Å². The molecule has 1 fully saturated rings. The molecule has 2 aromatic rings. The second-order valence-electron chi connectivity index (χ2n) is 5.06. The number of aromatic nitrogens is 2. The smallest absolute Gasteiger partial charge is 0.338 e. The van der Waals surface area contributed by atoms with Crippen molar-refractivity contribution in [3.63, 3.8) is 0 Å². The Balaban J connectivity index is 1.88. The van der Waals surface area contributed by atoms with E-state index in [2.05, 4.69) is 15.3 Å². The van der Waals surface area contributed by atoms with Gasteiger partial charge in [0.25, 0.3) is 0 Å². The number of hydrogen-bond donors (Lipinski definition) is 3. The molecule has 20 heavy (non-hydrogen) atoms. The van der Waals surface area contributed by atoms with Gasteiger partial charge in [-0.1, -0.05) is 12.8 Å². The molecule has 7 heteroatoms. The van der Waals surface area contributed by atoms with Gasteiger partial charge in [0, 0.05) is 17.5 Å². The summed E-state index contributed by atoms with van der Waals surface area (Å²) in [6, 6.07) is 0.262. The Hall–Kier alpha value is -1.73. The molecule has 0 aromatic carbocycles. The summed E-state index contributed by atoms with van der Waals surface area (Å²) in [5.74, 6) is -0.504. The zero-order valence-electron chi connectivity index (χ0n) is 10.9. The first-order chi connectivity index (χ1) is 9.65. The molecule has 1 saturated carbocycles. The molecular formula is C13H16N4O2S. The van der Waals surface area contributed by atoms with Gasteiger partial charge in [-0.25, -0.2) is 14.8 Å². The van der Waals surface area contributed by atoms with Crippen LogP contribution in [0.25, 0.3) is 10.2 Å². The quantitative estimate of drug-likeness (QED) is 0.800. The van der Waals surface area contributed by atoms with E-state index in [-0.39, 0.29) is 17.6 Å². The van der Waals surface area contributed by atoms with Crippen molar-refractivity contribution in [1.29, 1.82) is 0 Å². The molecule has 6 nitrogen and oxygen atoms in total. The molecule has 0 bridgehead atoms. The highest BCUT2D eigenvalue weighted by Crippen LogP contribution is 2.25. The lowest BCUT2D eigenvalue weighted by Crippen LogP contribution is -2.42. The van der Waals surface area contributed by atoms with Crippen LogP contribution in [0.1, 0.15) is 36.0 Å². The maximum absolute atomic E-state index is 11.1. The molecule has 0 spiro atoms. The van der Waals surface area contributed by atoms with Crippen molar-refractivity contribution in [1.82, 2.24) is 9.97 Å². The fraction of sp³-hybridized carbons (Fsp3) is 0.462. The van der Waals surface area contributed by atoms with Gasteiger partial charge >= 0.3 is 5.97 Å². The summed E-state index contributed by atoms with van der Waals surface area (Å²) < 4.78 is 0.779. The maximum atomic E-state index is 11.1. The highest BCUT2D eigenvalue weighted by atomic mass is 32.1. The van der Waals surface area contributed by atoms with Crippen LogP contribution in [-0.4, -0.2) is 33.1 Å². The van der Waals surface area contributed by atoms with E-state index in [9.17, 15) is 4.79 Å². The van der Waals surface area contributed by atoms with Gasteiger partial charge in [-0.15, -0.1) is 11.3 Å². The predicted octanol–water partition coefficient (Wildman–Crippen LogP) is 2.07. The van der Waals surface area contributed by atoms with E-state index in [1.807, 2.05) is 0 Å². The Kier molecular flexibility index (Phi) is 3.54. The molecule has 0 amide bonds. The number of hydrogen-bond acceptors (Lipinski definition) is 6. The largest absolute Gasteiger partial charge is 0.478 e. The highest BCUT2D eigenvalue weighted by molar-refractivity contribution is 7.17. The Morgan fingerprint density at radius 1 is 1.45 bits per heavy atom. The minimum absolute atomic E-state index is 0.101. The number of carbonyl (C=O) groups is 1. The van der Waals surface area contributed by atoms with Crippen LogP contribution in [0.4, 0.5) is 5.95 Å². The number of nitrogens with zero attached hydrogens (tertiary/aromatic N) is 2. The summed E-state index contributed by atoms with van der Waals surface area (Å²) in [7, 11) is 0. The SMILES string of the molecule is N[C@H]1CCCC[C@H]1Nc1ncc2scc(C(=O)O)c2n1. The average Bonchev–Trinajstić information content (AvgIpc) is 2.84. The van der Waals surface area contributed by atoms with Crippen molar-refractivity contribution in [2.45, 2.75) is 37.8 Å². The number of thiophene rings is 1. The summed E-state index contributed by atoms with van der Waals surface area (Å²) in [4.78, 5) is 19.7. The summed E-state index contributed by atoms with van der Waals surface area (Å²) in [6.45, 7) is 0. The standard InChI is InChI=1S/C13H16N4O2S/c14-8-3-1-2-4-9(8)16-13-15-5-10-11(17-13)7(6-20-10)12(18)19/h5-6,8-9H,1-4,14H2,(H,18,19)(H,15,16,17)/t8-,9+/m0/s1. The number of rotatable bonds is 3. The molecule has 3 rings (SSSR count). The van der Waals surface area contributed by atoms with Gasteiger partial charge in [-0.05, 0) is 12.8 Å². The number of nitrogens with two attached hydrogens (primary N) is 1. The molecule has 2 heterocycles. The molecule has 0 unspecified atom stereocenters. The zero-order valence-corrected chi connectivity index (χ0v) is 11.7. The van der Waals surface area contributed by atoms with Crippen molar-refractivity contribution in [2.24, 2.45) is 5.73 Å². The number of carboxylic acids is 1. The molecule has 2 aromatic heterocycles. The van der Waals surface area contributed by atoms with E-state index < -0.39 is 5.97 Å². The lowest BCUT2D eigenvalue weighted by Gasteiger charge is -2.29. The van der Waals surface area contributed by atoms with Crippen LogP contribution in [0.2, 0.25) is 0 Å². The van der Waals surface area contributed by atoms with Crippen LogP contribution in [-0.2, 0) is 0 Å². The van der Waals surface area contributed by atoms with Crippen molar-refractivity contribution >= 4 is 33.5 Å². The molecule has 0 saturated heterocycles. The van der Waals surface area contributed by atoms with E-state index in [1.54, 1.807) is 11.6 Å². The molecule has 106 valence electrons. The van der Waals surface area contributed by atoms with Gasteiger partial charge in [0.15, 0.2) is 0 Å². The third-order valence-electron chi connectivity index (χ3n) is 3.68. The number of anilines is 1. The topological polar surface area (TPSA) is 101 Å². The summed E-state index contributed by atoms with van der Waals surface area (Å²) >= 11 is 1.34. The highest BCUT2D eigenvalue weighted by Gasteiger charge is 2.22. The summed E-state index contributed by atoms with van der Waals surface area (Å²) in [5.41, 5.74) is 6.80. The number of aromatic carboxylic acids is 1. The van der Waals surface area contributed by atoms with E-state index in [0.717, 1.165) is 30.4 Å². The summed E-state index contributed by atoms with van der Waals surface area (Å²) in [5, 5.41) is 14.0. The van der Waals surface area contributed by atoms with Gasteiger partial charge in [0.1, 0.15) is 5.52 Å². The Morgan fingerprint density at radius 3 is 3.00 bits per heavy atom. The van der Waals surface area contributed by atoms with E-state index in [1.165, 1.54) is 11.3 Å². The van der Waals surface area contributed by atoms with Gasteiger partial charge in [-0.2, -0.15) is 0 Å². The van der Waals surface area contributed by atoms with Crippen LogP contribution < -0.4 is 11.1 Å². The van der Waals surface area contributed by atoms with E-state index in [0.29, 0.717) is 11.5 Å².